The predicted molar refractivity (Wildman–Crippen MR) is 78.4 cm³/mol. The summed E-state index contributed by atoms with van der Waals surface area (Å²) < 4.78 is 1.99. The van der Waals surface area contributed by atoms with Crippen LogP contribution in [-0.2, 0) is 13.5 Å². The zero-order valence-corrected chi connectivity index (χ0v) is 12.4. The highest BCUT2D eigenvalue weighted by atomic mass is 32.2. The van der Waals surface area contributed by atoms with Gasteiger partial charge in [-0.3, -0.25) is 4.68 Å². The smallest absolute Gasteiger partial charge is 0.314 e. The van der Waals surface area contributed by atoms with E-state index in [4.69, 9.17) is 0 Å². The molecule has 1 aromatic rings. The lowest BCUT2D eigenvalue weighted by atomic mass is 10.1. The lowest BCUT2D eigenvalue weighted by Gasteiger charge is -2.22. The number of aryl methyl sites for hydroxylation is 1. The van der Waals surface area contributed by atoms with Gasteiger partial charge in [0.05, 0.1) is 6.20 Å². The van der Waals surface area contributed by atoms with Crippen molar-refractivity contribution in [3.05, 3.63) is 18.0 Å². The summed E-state index contributed by atoms with van der Waals surface area (Å²) in [5.41, 5.74) is 1.14. The van der Waals surface area contributed by atoms with E-state index in [1.54, 1.807) is 4.68 Å². The molecule has 19 heavy (non-hydrogen) atoms. The van der Waals surface area contributed by atoms with E-state index in [1.165, 1.54) is 18.6 Å². The second-order valence-corrected chi connectivity index (χ2v) is 6.97. The third kappa shape index (κ3) is 4.45. The van der Waals surface area contributed by atoms with Crippen LogP contribution in [0, 0.1) is 0 Å². The fourth-order valence-electron chi connectivity index (χ4n) is 2.23. The number of hydrogen-bond donors (Lipinski definition) is 2. The van der Waals surface area contributed by atoms with Crippen molar-refractivity contribution in [2.75, 3.05) is 18.8 Å². The van der Waals surface area contributed by atoms with Gasteiger partial charge in [-0.05, 0) is 37.5 Å². The van der Waals surface area contributed by atoms with E-state index in [0.29, 0.717) is 6.54 Å². The number of amides is 2. The molecular weight excluding hydrogens is 260 g/mol. The minimum absolute atomic E-state index is 0.0717. The Hall–Kier alpha value is -1.17. The summed E-state index contributed by atoms with van der Waals surface area (Å²) in [6.07, 6.45) is 7.05. The quantitative estimate of drug-likeness (QED) is 0.861. The van der Waals surface area contributed by atoms with Crippen molar-refractivity contribution in [3.63, 3.8) is 0 Å². The number of hydrogen-bond acceptors (Lipinski definition) is 3. The Balaban J connectivity index is 1.62. The number of rotatable bonds is 5. The highest BCUT2D eigenvalue weighted by molar-refractivity contribution is 8.00. The van der Waals surface area contributed by atoms with E-state index in [9.17, 15) is 4.79 Å². The molecule has 2 N–H and O–H groups in total. The summed E-state index contributed by atoms with van der Waals surface area (Å²) in [6.45, 7) is 3.61. The van der Waals surface area contributed by atoms with E-state index in [2.05, 4.69) is 22.7 Å². The van der Waals surface area contributed by atoms with E-state index in [1.807, 2.05) is 31.2 Å². The minimum atomic E-state index is -0.0717. The largest absolute Gasteiger partial charge is 0.338 e. The molecule has 1 aromatic heterocycles. The molecule has 5 nitrogen and oxygen atoms in total. The van der Waals surface area contributed by atoms with E-state index in [0.717, 1.165) is 18.5 Å². The van der Waals surface area contributed by atoms with Crippen LogP contribution in [0.1, 0.15) is 25.3 Å². The van der Waals surface area contributed by atoms with Crippen molar-refractivity contribution in [3.8, 4) is 0 Å². The van der Waals surface area contributed by atoms with Gasteiger partial charge in [0.25, 0.3) is 0 Å². The van der Waals surface area contributed by atoms with Gasteiger partial charge in [0, 0.05) is 31.1 Å². The average Bonchev–Trinajstić information content (AvgIpc) is 2.97. The maximum Gasteiger partial charge on any atom is 0.314 e. The molecule has 2 rings (SSSR count). The molecule has 1 aliphatic heterocycles. The van der Waals surface area contributed by atoms with Crippen molar-refractivity contribution in [1.29, 1.82) is 0 Å². The Morgan fingerprint density at radius 1 is 1.58 bits per heavy atom. The zero-order chi connectivity index (χ0) is 13.7. The summed E-state index contributed by atoms with van der Waals surface area (Å²) in [5.74, 6) is 1.21. The van der Waals surface area contributed by atoms with E-state index < -0.39 is 0 Å². The highest BCUT2D eigenvalue weighted by Gasteiger charge is 2.29. The minimum Gasteiger partial charge on any atom is -0.338 e. The van der Waals surface area contributed by atoms with Crippen LogP contribution >= 0.6 is 11.8 Å². The van der Waals surface area contributed by atoms with E-state index in [-0.39, 0.29) is 10.8 Å². The Morgan fingerprint density at radius 2 is 2.42 bits per heavy atom. The Bertz CT molecular complexity index is 426. The summed E-state index contributed by atoms with van der Waals surface area (Å²) in [5, 5.41) is 9.95. The first-order valence-electron chi connectivity index (χ1n) is 6.71. The van der Waals surface area contributed by atoms with Crippen LogP contribution in [0.3, 0.4) is 0 Å². The van der Waals surface area contributed by atoms with Crippen LogP contribution in [0.2, 0.25) is 0 Å². The van der Waals surface area contributed by atoms with Crippen LogP contribution in [0.25, 0.3) is 0 Å². The lowest BCUT2D eigenvalue weighted by molar-refractivity contribution is 0.240. The average molecular weight is 282 g/mol. The van der Waals surface area contributed by atoms with Crippen molar-refractivity contribution < 1.29 is 4.79 Å². The van der Waals surface area contributed by atoms with Crippen molar-refractivity contribution in [1.82, 2.24) is 20.4 Å². The number of carbonyl (C=O) groups is 1. The van der Waals surface area contributed by atoms with Gasteiger partial charge >= 0.3 is 6.03 Å². The molecule has 0 bridgehead atoms. The third-order valence-corrected chi connectivity index (χ3v) is 4.92. The number of thioether (sulfide) groups is 1. The van der Waals surface area contributed by atoms with Crippen molar-refractivity contribution in [2.24, 2.45) is 7.05 Å². The monoisotopic (exact) mass is 282 g/mol. The standard InChI is InChI=1S/C13H22N4OS/c1-13(5-3-7-19-13)10-15-12(18)14-6-4-11-8-16-17(2)9-11/h8-9H,3-7,10H2,1-2H3,(H2,14,15,18)/t13-/m0/s1. The van der Waals surface area contributed by atoms with Crippen LogP contribution in [0.4, 0.5) is 4.79 Å². The van der Waals surface area contributed by atoms with Gasteiger partial charge in [-0.2, -0.15) is 16.9 Å². The molecule has 2 heterocycles. The summed E-state index contributed by atoms with van der Waals surface area (Å²) in [4.78, 5) is 11.7. The molecule has 6 heteroatoms. The molecule has 0 saturated carbocycles. The Morgan fingerprint density at radius 3 is 3.05 bits per heavy atom. The molecule has 0 radical (unpaired) electrons. The molecule has 2 amide bonds. The summed E-state index contributed by atoms with van der Waals surface area (Å²) >= 11 is 1.96. The molecule has 1 atom stereocenters. The van der Waals surface area contributed by atoms with E-state index >= 15 is 0 Å². The second kappa shape index (κ2) is 6.32. The number of nitrogens with zero attached hydrogens (tertiary/aromatic N) is 2. The number of aromatic nitrogens is 2. The molecule has 0 spiro atoms. The number of urea groups is 1. The molecule has 1 aliphatic rings. The topological polar surface area (TPSA) is 59.0 Å². The molecule has 1 fully saturated rings. The first kappa shape index (κ1) is 14.2. The summed E-state index contributed by atoms with van der Waals surface area (Å²) in [7, 11) is 1.89. The molecule has 106 valence electrons. The van der Waals surface area contributed by atoms with Crippen LogP contribution in [-0.4, -0.2) is 39.4 Å². The zero-order valence-electron chi connectivity index (χ0n) is 11.6. The highest BCUT2D eigenvalue weighted by Crippen LogP contribution is 2.36. The number of carbonyl (C=O) groups excluding carboxylic acids is 1. The molecule has 0 aromatic carbocycles. The van der Waals surface area contributed by atoms with Gasteiger partial charge in [-0.15, -0.1) is 0 Å². The van der Waals surface area contributed by atoms with Crippen LogP contribution in [0.15, 0.2) is 12.4 Å². The van der Waals surface area contributed by atoms with Gasteiger partial charge in [0.1, 0.15) is 0 Å². The number of nitrogens with one attached hydrogen (secondary N) is 2. The molecule has 0 aliphatic carbocycles. The third-order valence-electron chi connectivity index (χ3n) is 3.38. The maximum absolute atomic E-state index is 11.7. The van der Waals surface area contributed by atoms with Gasteiger partial charge in [0.2, 0.25) is 0 Å². The Labute approximate surface area is 118 Å². The Kier molecular flexibility index (Phi) is 4.74. The van der Waals surface area contributed by atoms with Crippen LogP contribution < -0.4 is 10.6 Å². The van der Waals surface area contributed by atoms with Gasteiger partial charge in [-0.25, -0.2) is 4.79 Å². The van der Waals surface area contributed by atoms with Gasteiger partial charge in [-0.1, -0.05) is 0 Å². The summed E-state index contributed by atoms with van der Waals surface area (Å²) in [6, 6.07) is -0.0717. The van der Waals surface area contributed by atoms with Gasteiger partial charge in [0.15, 0.2) is 0 Å². The SMILES string of the molecule is Cn1cc(CCNC(=O)NC[C@]2(C)CCCS2)cn1. The molecular formula is C13H22N4OS. The normalized spacial score (nSPS) is 22.4. The second-order valence-electron chi connectivity index (χ2n) is 5.28. The first-order chi connectivity index (χ1) is 9.07. The van der Waals surface area contributed by atoms with Crippen molar-refractivity contribution >= 4 is 17.8 Å². The lowest BCUT2D eigenvalue weighted by Crippen LogP contribution is -2.43. The first-order valence-corrected chi connectivity index (χ1v) is 7.69. The van der Waals surface area contributed by atoms with Crippen LogP contribution in [0.5, 0.6) is 0 Å². The fourth-order valence-corrected chi connectivity index (χ4v) is 3.47. The molecule has 1 saturated heterocycles. The fraction of sp³-hybridized carbons (Fsp3) is 0.692. The van der Waals surface area contributed by atoms with Crippen molar-refractivity contribution in [2.45, 2.75) is 30.9 Å². The van der Waals surface area contributed by atoms with Gasteiger partial charge < -0.3 is 10.6 Å². The maximum atomic E-state index is 11.7. The molecule has 0 unspecified atom stereocenters. The predicted octanol–water partition coefficient (Wildman–Crippen LogP) is 1.55.